The molecule has 1 saturated carbocycles. The summed E-state index contributed by atoms with van der Waals surface area (Å²) in [5.41, 5.74) is 1.95. The van der Waals surface area contributed by atoms with Crippen LogP contribution in [0.1, 0.15) is 36.8 Å². The summed E-state index contributed by atoms with van der Waals surface area (Å²) in [6.45, 7) is 1.91. The summed E-state index contributed by atoms with van der Waals surface area (Å²) in [4.78, 5) is 29.7. The first-order valence-electron chi connectivity index (χ1n) is 11.7. The molecule has 2 aromatic carbocycles. The van der Waals surface area contributed by atoms with Gasteiger partial charge in [0.1, 0.15) is 13.2 Å². The van der Waals surface area contributed by atoms with E-state index in [2.05, 4.69) is 0 Å². The molecule has 0 unspecified atom stereocenters. The fourth-order valence-electron chi connectivity index (χ4n) is 5.79. The Balaban J connectivity index is 1.25. The summed E-state index contributed by atoms with van der Waals surface area (Å²) in [5.74, 6) is 0.894. The zero-order chi connectivity index (χ0) is 21.9. The van der Waals surface area contributed by atoms with Gasteiger partial charge in [0.05, 0.1) is 12.1 Å². The van der Waals surface area contributed by atoms with Crippen molar-refractivity contribution in [2.24, 2.45) is 11.8 Å². The predicted molar refractivity (Wildman–Crippen MR) is 120 cm³/mol. The summed E-state index contributed by atoms with van der Waals surface area (Å²) < 4.78 is 11.3. The Kier molecular flexibility index (Phi) is 6.02. The average Bonchev–Trinajstić information content (AvgIpc) is 2.84. The third-order valence-electron chi connectivity index (χ3n) is 7.25. The first kappa shape index (κ1) is 20.9. The van der Waals surface area contributed by atoms with Crippen LogP contribution in [0.4, 0.5) is 9.59 Å². The van der Waals surface area contributed by atoms with Crippen LogP contribution in [0.3, 0.4) is 0 Å². The van der Waals surface area contributed by atoms with E-state index in [9.17, 15) is 9.59 Å². The van der Waals surface area contributed by atoms with Crippen molar-refractivity contribution in [1.29, 1.82) is 0 Å². The quantitative estimate of drug-likeness (QED) is 0.691. The molecule has 2 aromatic rings. The highest BCUT2D eigenvalue weighted by Crippen LogP contribution is 2.51. The first-order valence-corrected chi connectivity index (χ1v) is 11.7. The number of carbonyl (C=O) groups excluding carboxylic acids is 2. The molecule has 2 saturated heterocycles. The molecule has 4 atom stereocenters. The van der Waals surface area contributed by atoms with E-state index in [1.807, 2.05) is 70.5 Å². The van der Waals surface area contributed by atoms with Crippen LogP contribution >= 0.6 is 0 Å². The van der Waals surface area contributed by atoms with Crippen LogP contribution in [-0.2, 0) is 22.7 Å². The fraction of sp³-hybridized carbons (Fsp3) is 0.462. The lowest BCUT2D eigenvalue weighted by Crippen LogP contribution is -2.73. The molecular formula is C26H30N2O4. The van der Waals surface area contributed by atoms with Crippen LogP contribution in [-0.4, -0.2) is 47.2 Å². The van der Waals surface area contributed by atoms with Crippen molar-refractivity contribution < 1.29 is 19.1 Å². The molecule has 168 valence electrons. The van der Waals surface area contributed by atoms with Crippen LogP contribution in [0.15, 0.2) is 60.7 Å². The lowest BCUT2D eigenvalue weighted by molar-refractivity contribution is -0.122. The van der Waals surface area contributed by atoms with Gasteiger partial charge in [0.2, 0.25) is 0 Å². The number of benzene rings is 2. The second-order valence-corrected chi connectivity index (χ2v) is 9.06. The minimum atomic E-state index is -0.273. The van der Waals surface area contributed by atoms with E-state index >= 15 is 0 Å². The molecule has 0 aromatic heterocycles. The Bertz CT molecular complexity index is 858. The van der Waals surface area contributed by atoms with E-state index in [0.29, 0.717) is 24.9 Å². The molecule has 32 heavy (non-hydrogen) atoms. The predicted octanol–water partition coefficient (Wildman–Crippen LogP) is 4.83. The van der Waals surface area contributed by atoms with Crippen molar-refractivity contribution in [3.63, 3.8) is 0 Å². The molecular weight excluding hydrogens is 404 g/mol. The van der Waals surface area contributed by atoms with Gasteiger partial charge in [-0.1, -0.05) is 60.7 Å². The van der Waals surface area contributed by atoms with E-state index in [1.54, 1.807) is 0 Å². The highest BCUT2D eigenvalue weighted by atomic mass is 16.6. The second-order valence-electron chi connectivity index (χ2n) is 9.06. The van der Waals surface area contributed by atoms with Crippen LogP contribution in [0.5, 0.6) is 0 Å². The normalized spacial score (nSPS) is 26.4. The third kappa shape index (κ3) is 4.06. The van der Waals surface area contributed by atoms with Crippen LogP contribution in [0, 0.1) is 11.8 Å². The van der Waals surface area contributed by atoms with Crippen molar-refractivity contribution >= 4 is 12.2 Å². The second kappa shape index (κ2) is 9.23. The number of rotatable bonds is 4. The van der Waals surface area contributed by atoms with Crippen LogP contribution < -0.4 is 0 Å². The number of ether oxygens (including phenoxy) is 2. The van der Waals surface area contributed by atoms with Crippen LogP contribution in [0.25, 0.3) is 0 Å². The zero-order valence-corrected chi connectivity index (χ0v) is 18.3. The molecule has 2 aliphatic heterocycles. The number of likely N-dealkylation sites (tertiary alicyclic amines) is 2. The zero-order valence-electron chi connectivity index (χ0n) is 18.3. The number of fused-ring (bicyclic) bond motifs is 4. The highest BCUT2D eigenvalue weighted by molar-refractivity contribution is 5.71. The molecule has 0 bridgehead atoms. The van der Waals surface area contributed by atoms with Gasteiger partial charge >= 0.3 is 12.2 Å². The van der Waals surface area contributed by atoms with E-state index in [4.69, 9.17) is 9.47 Å². The maximum absolute atomic E-state index is 13.0. The van der Waals surface area contributed by atoms with Gasteiger partial charge in [-0.25, -0.2) is 9.59 Å². The van der Waals surface area contributed by atoms with Gasteiger partial charge in [-0.3, -0.25) is 0 Å². The van der Waals surface area contributed by atoms with Gasteiger partial charge in [0.15, 0.2) is 0 Å². The molecule has 6 nitrogen and oxygen atoms in total. The smallest absolute Gasteiger partial charge is 0.410 e. The summed E-state index contributed by atoms with van der Waals surface area (Å²) in [5, 5.41) is 0. The number of hydrogen-bond donors (Lipinski definition) is 0. The van der Waals surface area contributed by atoms with E-state index in [1.165, 1.54) is 0 Å². The maximum Gasteiger partial charge on any atom is 0.410 e. The Labute approximate surface area is 189 Å². The van der Waals surface area contributed by atoms with Crippen molar-refractivity contribution in [1.82, 2.24) is 9.80 Å². The summed E-state index contributed by atoms with van der Waals surface area (Å²) in [6.07, 6.45) is 3.66. The van der Waals surface area contributed by atoms with E-state index in [0.717, 1.165) is 36.8 Å². The molecule has 6 heteroatoms. The Morgan fingerprint density at radius 2 is 1.09 bits per heavy atom. The van der Waals surface area contributed by atoms with Crippen molar-refractivity contribution in [3.8, 4) is 0 Å². The van der Waals surface area contributed by atoms with Crippen molar-refractivity contribution in [2.45, 2.75) is 51.0 Å². The minimum absolute atomic E-state index is 0.0293. The topological polar surface area (TPSA) is 59.1 Å². The molecule has 0 spiro atoms. The average molecular weight is 435 g/mol. The lowest BCUT2D eigenvalue weighted by Gasteiger charge is -2.62. The summed E-state index contributed by atoms with van der Waals surface area (Å²) in [6, 6.07) is 19.5. The van der Waals surface area contributed by atoms with Gasteiger partial charge in [-0.05, 0) is 48.6 Å². The SMILES string of the molecule is O=C(OCc1ccccc1)N1CCC[C@@H]2[C@H]3CCCN(C(=O)OCc4ccccc4)[C@H]3[C@@H]21. The minimum Gasteiger partial charge on any atom is -0.445 e. The standard InChI is InChI=1S/C26H30N2O4/c29-25(31-17-19-9-3-1-4-10-19)27-15-7-13-21-22-14-8-16-28(24(22)23(21)27)26(30)32-18-20-11-5-2-6-12-20/h1-6,9-12,21-24H,7-8,13-18H2/t21-,22-,23-,24-/m1/s1. The maximum atomic E-state index is 13.0. The monoisotopic (exact) mass is 434 g/mol. The van der Waals surface area contributed by atoms with Gasteiger partial charge in [-0.2, -0.15) is 0 Å². The molecule has 0 N–H and O–H groups in total. The Morgan fingerprint density at radius 3 is 1.50 bits per heavy atom. The summed E-state index contributed by atoms with van der Waals surface area (Å²) in [7, 11) is 0. The van der Waals surface area contributed by atoms with Gasteiger partial charge in [-0.15, -0.1) is 0 Å². The van der Waals surface area contributed by atoms with Crippen LogP contribution in [0.2, 0.25) is 0 Å². The molecule has 5 rings (SSSR count). The van der Waals surface area contributed by atoms with Gasteiger partial charge in [0, 0.05) is 13.1 Å². The van der Waals surface area contributed by atoms with Crippen molar-refractivity contribution in [2.75, 3.05) is 13.1 Å². The number of nitrogens with zero attached hydrogens (tertiary/aromatic N) is 2. The molecule has 1 aliphatic carbocycles. The number of amides is 2. The molecule has 3 fully saturated rings. The van der Waals surface area contributed by atoms with E-state index in [-0.39, 0.29) is 37.5 Å². The van der Waals surface area contributed by atoms with E-state index < -0.39 is 0 Å². The highest BCUT2D eigenvalue weighted by Gasteiger charge is 2.59. The molecule has 0 radical (unpaired) electrons. The number of piperidine rings is 2. The first-order chi connectivity index (χ1) is 15.7. The Hall–Kier alpha value is -3.02. The molecule has 3 aliphatic rings. The fourth-order valence-corrected chi connectivity index (χ4v) is 5.79. The largest absolute Gasteiger partial charge is 0.445 e. The van der Waals surface area contributed by atoms with Crippen molar-refractivity contribution in [3.05, 3.63) is 71.8 Å². The van der Waals surface area contributed by atoms with Gasteiger partial charge < -0.3 is 19.3 Å². The van der Waals surface area contributed by atoms with Gasteiger partial charge in [0.25, 0.3) is 0 Å². The summed E-state index contributed by atoms with van der Waals surface area (Å²) >= 11 is 0. The molecule has 2 heterocycles. The molecule has 2 amide bonds. The lowest BCUT2D eigenvalue weighted by atomic mass is 9.57. The Morgan fingerprint density at radius 1 is 0.688 bits per heavy atom. The number of hydrogen-bond acceptors (Lipinski definition) is 4. The third-order valence-corrected chi connectivity index (χ3v) is 7.25. The number of carbonyl (C=O) groups is 2.